The van der Waals surface area contributed by atoms with Gasteiger partial charge in [-0.15, -0.1) is 12.4 Å². The van der Waals surface area contributed by atoms with E-state index in [0.29, 0.717) is 11.5 Å². The van der Waals surface area contributed by atoms with Crippen molar-refractivity contribution in [2.24, 2.45) is 5.73 Å². The topological polar surface area (TPSA) is 55.1 Å². The number of rotatable bonds is 2. The van der Waals surface area contributed by atoms with E-state index in [0.717, 1.165) is 31.5 Å². The molecule has 1 heterocycles. The molecule has 4 heteroatoms. The zero-order valence-electron chi connectivity index (χ0n) is 9.11. The van der Waals surface area contributed by atoms with Crippen molar-refractivity contribution >= 4 is 18.3 Å². The highest BCUT2D eigenvalue weighted by atomic mass is 35.5. The maximum atomic E-state index is 11.3. The van der Waals surface area contributed by atoms with Crippen molar-refractivity contribution in [3.05, 3.63) is 35.4 Å². The lowest BCUT2D eigenvalue weighted by molar-refractivity contribution is 0.0998. The molecule has 1 aliphatic rings. The van der Waals surface area contributed by atoms with Gasteiger partial charge in [0.15, 0.2) is 0 Å². The Hall–Kier alpha value is -1.06. The first-order valence-electron chi connectivity index (χ1n) is 5.38. The summed E-state index contributed by atoms with van der Waals surface area (Å²) in [6, 6.07) is 7.65. The number of carbonyl (C=O) groups excluding carboxylic acids is 1. The molecule has 1 fully saturated rings. The van der Waals surface area contributed by atoms with Crippen LogP contribution in [-0.4, -0.2) is 19.0 Å². The highest BCUT2D eigenvalue weighted by Crippen LogP contribution is 2.25. The van der Waals surface area contributed by atoms with Crippen molar-refractivity contribution < 1.29 is 4.79 Å². The minimum Gasteiger partial charge on any atom is -0.366 e. The Labute approximate surface area is 102 Å². The predicted molar refractivity (Wildman–Crippen MR) is 67.1 cm³/mol. The molecule has 0 bridgehead atoms. The van der Waals surface area contributed by atoms with Gasteiger partial charge in [-0.1, -0.05) is 18.2 Å². The number of carbonyl (C=O) groups is 1. The molecule has 1 aliphatic heterocycles. The van der Waals surface area contributed by atoms with E-state index in [1.165, 1.54) is 0 Å². The fourth-order valence-electron chi connectivity index (χ4n) is 2.19. The average molecular weight is 241 g/mol. The quantitative estimate of drug-likeness (QED) is 0.827. The van der Waals surface area contributed by atoms with Crippen molar-refractivity contribution in [1.29, 1.82) is 0 Å². The fourth-order valence-corrected chi connectivity index (χ4v) is 2.19. The van der Waals surface area contributed by atoms with E-state index in [2.05, 4.69) is 5.32 Å². The number of nitrogens with two attached hydrogens (primary N) is 1. The third kappa shape index (κ3) is 2.74. The molecule has 1 unspecified atom stereocenters. The monoisotopic (exact) mass is 240 g/mol. The van der Waals surface area contributed by atoms with Gasteiger partial charge in [-0.3, -0.25) is 4.79 Å². The van der Waals surface area contributed by atoms with Crippen molar-refractivity contribution in [3.63, 3.8) is 0 Å². The molecule has 2 rings (SSSR count). The summed E-state index contributed by atoms with van der Waals surface area (Å²) in [5.41, 5.74) is 7.13. The van der Waals surface area contributed by atoms with E-state index in [9.17, 15) is 4.79 Å². The SMILES string of the molecule is Cl.NC(=O)c1ccccc1C1CCCNC1. The lowest BCUT2D eigenvalue weighted by atomic mass is 9.88. The number of halogens is 1. The molecule has 1 atom stereocenters. The van der Waals surface area contributed by atoms with E-state index >= 15 is 0 Å². The molecule has 1 aromatic carbocycles. The molecule has 3 N–H and O–H groups in total. The normalized spacial score (nSPS) is 19.9. The van der Waals surface area contributed by atoms with Crippen molar-refractivity contribution in [2.45, 2.75) is 18.8 Å². The standard InChI is InChI=1S/C12H16N2O.ClH/c13-12(15)11-6-2-1-5-10(11)9-4-3-7-14-8-9;/h1-2,5-6,9,14H,3-4,7-8H2,(H2,13,15);1H. The second kappa shape index (κ2) is 5.87. The molecule has 1 saturated heterocycles. The minimum atomic E-state index is -0.323. The lowest BCUT2D eigenvalue weighted by Crippen LogP contribution is -2.29. The summed E-state index contributed by atoms with van der Waals surface area (Å²) in [5.74, 6) is 0.110. The predicted octanol–water partition coefficient (Wildman–Crippen LogP) is 1.67. The number of hydrogen-bond acceptors (Lipinski definition) is 2. The summed E-state index contributed by atoms with van der Waals surface area (Å²) in [6.45, 7) is 2.03. The second-order valence-electron chi connectivity index (χ2n) is 3.99. The van der Waals surface area contributed by atoms with Crippen LogP contribution in [0.3, 0.4) is 0 Å². The number of nitrogens with one attached hydrogen (secondary N) is 1. The van der Waals surface area contributed by atoms with Crippen molar-refractivity contribution in [3.8, 4) is 0 Å². The number of hydrogen-bond donors (Lipinski definition) is 2. The van der Waals surface area contributed by atoms with Crippen LogP contribution < -0.4 is 11.1 Å². The summed E-state index contributed by atoms with van der Waals surface area (Å²) in [4.78, 5) is 11.3. The van der Waals surface area contributed by atoms with Crippen LogP contribution in [-0.2, 0) is 0 Å². The summed E-state index contributed by atoms with van der Waals surface area (Å²) in [6.07, 6.45) is 2.30. The first-order valence-corrected chi connectivity index (χ1v) is 5.38. The van der Waals surface area contributed by atoms with Gasteiger partial charge in [0.05, 0.1) is 0 Å². The zero-order valence-corrected chi connectivity index (χ0v) is 9.93. The van der Waals surface area contributed by atoms with Crippen LogP contribution in [0.4, 0.5) is 0 Å². The molecular formula is C12H17ClN2O. The van der Waals surface area contributed by atoms with E-state index in [4.69, 9.17) is 5.73 Å². The molecule has 0 spiro atoms. The van der Waals surface area contributed by atoms with Crippen LogP contribution in [0.5, 0.6) is 0 Å². The number of piperidine rings is 1. The summed E-state index contributed by atoms with van der Waals surface area (Å²) < 4.78 is 0. The Morgan fingerprint density at radius 3 is 2.75 bits per heavy atom. The van der Waals surface area contributed by atoms with Crippen LogP contribution in [0.15, 0.2) is 24.3 Å². The summed E-state index contributed by atoms with van der Waals surface area (Å²) in [7, 11) is 0. The fraction of sp³-hybridized carbons (Fsp3) is 0.417. The van der Waals surface area contributed by atoms with Gasteiger partial charge in [-0.05, 0) is 36.9 Å². The Bertz CT molecular complexity index is 362. The third-order valence-corrected chi connectivity index (χ3v) is 2.96. The van der Waals surface area contributed by atoms with Gasteiger partial charge in [-0.2, -0.15) is 0 Å². The summed E-state index contributed by atoms with van der Waals surface area (Å²) in [5, 5.41) is 3.35. The highest BCUT2D eigenvalue weighted by molar-refractivity contribution is 5.94. The molecule has 16 heavy (non-hydrogen) atoms. The third-order valence-electron chi connectivity index (χ3n) is 2.96. The molecule has 1 amide bonds. The minimum absolute atomic E-state index is 0. The van der Waals surface area contributed by atoms with Crippen LogP contribution >= 0.6 is 12.4 Å². The van der Waals surface area contributed by atoms with Gasteiger partial charge in [0, 0.05) is 12.1 Å². The molecule has 0 aliphatic carbocycles. The molecule has 0 aromatic heterocycles. The Balaban J connectivity index is 0.00000128. The van der Waals surface area contributed by atoms with Crippen molar-refractivity contribution in [2.75, 3.05) is 13.1 Å². The van der Waals surface area contributed by atoms with Gasteiger partial charge in [0.25, 0.3) is 0 Å². The maximum absolute atomic E-state index is 11.3. The van der Waals surface area contributed by atoms with Gasteiger partial charge in [0.1, 0.15) is 0 Å². The molecule has 88 valence electrons. The molecule has 1 aromatic rings. The second-order valence-corrected chi connectivity index (χ2v) is 3.99. The Kier molecular flexibility index (Phi) is 4.77. The smallest absolute Gasteiger partial charge is 0.248 e. The zero-order chi connectivity index (χ0) is 10.7. The largest absolute Gasteiger partial charge is 0.366 e. The van der Waals surface area contributed by atoms with Crippen LogP contribution in [0.2, 0.25) is 0 Å². The van der Waals surface area contributed by atoms with Gasteiger partial charge >= 0.3 is 0 Å². The lowest BCUT2D eigenvalue weighted by Gasteiger charge is -2.24. The van der Waals surface area contributed by atoms with Crippen LogP contribution in [0, 0.1) is 0 Å². The molecular weight excluding hydrogens is 224 g/mol. The molecule has 0 radical (unpaired) electrons. The van der Waals surface area contributed by atoms with E-state index in [1.807, 2.05) is 24.3 Å². The average Bonchev–Trinajstić information content (AvgIpc) is 2.30. The summed E-state index contributed by atoms with van der Waals surface area (Å²) >= 11 is 0. The molecule has 0 saturated carbocycles. The number of primary amides is 1. The highest BCUT2D eigenvalue weighted by Gasteiger charge is 2.19. The van der Waals surface area contributed by atoms with Gasteiger partial charge in [-0.25, -0.2) is 0 Å². The first kappa shape index (κ1) is 13.0. The number of benzene rings is 1. The van der Waals surface area contributed by atoms with Gasteiger partial charge in [0.2, 0.25) is 5.91 Å². The Morgan fingerprint density at radius 2 is 2.12 bits per heavy atom. The Morgan fingerprint density at radius 1 is 1.38 bits per heavy atom. The molecule has 3 nitrogen and oxygen atoms in total. The van der Waals surface area contributed by atoms with Crippen LogP contribution in [0.25, 0.3) is 0 Å². The number of amides is 1. The van der Waals surface area contributed by atoms with E-state index < -0.39 is 0 Å². The van der Waals surface area contributed by atoms with Crippen molar-refractivity contribution in [1.82, 2.24) is 5.32 Å². The van der Waals surface area contributed by atoms with Gasteiger partial charge < -0.3 is 11.1 Å². The van der Waals surface area contributed by atoms with E-state index in [-0.39, 0.29) is 18.3 Å². The maximum Gasteiger partial charge on any atom is 0.248 e. The first-order chi connectivity index (χ1) is 7.29. The van der Waals surface area contributed by atoms with Crippen LogP contribution in [0.1, 0.15) is 34.7 Å². The van der Waals surface area contributed by atoms with E-state index in [1.54, 1.807) is 0 Å².